The fourth-order valence-electron chi connectivity index (χ4n) is 2.44. The van der Waals surface area contributed by atoms with Gasteiger partial charge in [0.15, 0.2) is 0 Å². The van der Waals surface area contributed by atoms with Crippen molar-refractivity contribution in [3.05, 3.63) is 110 Å². The number of halogens is 1. The van der Waals surface area contributed by atoms with E-state index in [4.69, 9.17) is 0 Å². The summed E-state index contributed by atoms with van der Waals surface area (Å²) in [6, 6.07) is 24.7. The lowest BCUT2D eigenvalue weighted by atomic mass is 9.95. The van der Waals surface area contributed by atoms with Crippen LogP contribution in [0, 0.1) is 10.1 Å². The van der Waals surface area contributed by atoms with Crippen molar-refractivity contribution < 1.29 is 4.92 Å². The molecule has 0 aliphatic carbocycles. The lowest BCUT2D eigenvalue weighted by molar-refractivity contribution is -0.384. The van der Waals surface area contributed by atoms with Crippen molar-refractivity contribution in [1.82, 2.24) is 0 Å². The SMILES string of the molecule is O=[N+]([O-])c1ccc(C(=Cc2ccc(Br)cc2)c2ccccc2)cc1. The zero-order chi connectivity index (χ0) is 16.9. The minimum Gasteiger partial charge on any atom is -0.258 e. The summed E-state index contributed by atoms with van der Waals surface area (Å²) in [4.78, 5) is 10.5. The Morgan fingerprint density at radius 1 is 0.833 bits per heavy atom. The lowest BCUT2D eigenvalue weighted by Gasteiger charge is -2.09. The van der Waals surface area contributed by atoms with E-state index < -0.39 is 0 Å². The summed E-state index contributed by atoms with van der Waals surface area (Å²) in [6.07, 6.45) is 2.09. The molecule has 3 rings (SSSR count). The van der Waals surface area contributed by atoms with Gasteiger partial charge in [-0.2, -0.15) is 0 Å². The summed E-state index contributed by atoms with van der Waals surface area (Å²) >= 11 is 3.44. The molecule has 0 radical (unpaired) electrons. The standard InChI is InChI=1S/C20H14BrNO2/c21-18-10-6-15(7-11-18)14-20(16-4-2-1-3-5-16)17-8-12-19(13-9-17)22(23)24/h1-14H. The molecule has 3 nitrogen and oxygen atoms in total. The van der Waals surface area contributed by atoms with Gasteiger partial charge in [0.25, 0.3) is 5.69 Å². The molecule has 4 heteroatoms. The highest BCUT2D eigenvalue weighted by Gasteiger charge is 2.09. The fourth-order valence-corrected chi connectivity index (χ4v) is 2.70. The number of benzene rings is 3. The van der Waals surface area contributed by atoms with Crippen LogP contribution in [-0.4, -0.2) is 4.92 Å². The van der Waals surface area contributed by atoms with Gasteiger partial charge in [-0.1, -0.05) is 58.4 Å². The second kappa shape index (κ2) is 7.23. The van der Waals surface area contributed by atoms with E-state index in [2.05, 4.69) is 22.0 Å². The van der Waals surface area contributed by atoms with Gasteiger partial charge in [-0.25, -0.2) is 0 Å². The highest BCUT2D eigenvalue weighted by Crippen LogP contribution is 2.28. The molecule has 0 aromatic heterocycles. The predicted molar refractivity (Wildman–Crippen MR) is 101 cm³/mol. The molecule has 0 spiro atoms. The van der Waals surface area contributed by atoms with Crippen molar-refractivity contribution in [3.63, 3.8) is 0 Å². The fraction of sp³-hybridized carbons (Fsp3) is 0. The summed E-state index contributed by atoms with van der Waals surface area (Å²) in [5.74, 6) is 0. The Kier molecular flexibility index (Phi) is 4.87. The van der Waals surface area contributed by atoms with E-state index in [-0.39, 0.29) is 10.6 Å². The van der Waals surface area contributed by atoms with Crippen LogP contribution in [0.1, 0.15) is 16.7 Å². The first-order chi connectivity index (χ1) is 11.6. The van der Waals surface area contributed by atoms with Gasteiger partial charge in [0.1, 0.15) is 0 Å². The van der Waals surface area contributed by atoms with Crippen molar-refractivity contribution in [2.75, 3.05) is 0 Å². The van der Waals surface area contributed by atoms with Gasteiger partial charge in [0, 0.05) is 16.6 Å². The summed E-state index contributed by atoms with van der Waals surface area (Å²) in [7, 11) is 0. The Bertz CT molecular complexity index is 870. The van der Waals surface area contributed by atoms with Crippen LogP contribution in [0.2, 0.25) is 0 Å². The molecule has 0 aliphatic rings. The second-order valence-electron chi connectivity index (χ2n) is 5.28. The van der Waals surface area contributed by atoms with E-state index >= 15 is 0 Å². The van der Waals surface area contributed by atoms with E-state index in [0.29, 0.717) is 0 Å². The zero-order valence-electron chi connectivity index (χ0n) is 12.7. The summed E-state index contributed by atoms with van der Waals surface area (Å²) in [5, 5.41) is 10.9. The number of non-ortho nitro benzene ring substituents is 1. The Labute approximate surface area is 148 Å². The molecule has 3 aromatic carbocycles. The molecular formula is C20H14BrNO2. The van der Waals surface area contributed by atoms with Crippen LogP contribution in [-0.2, 0) is 0 Å². The number of hydrogen-bond acceptors (Lipinski definition) is 2. The van der Waals surface area contributed by atoms with Gasteiger partial charge in [0.2, 0.25) is 0 Å². The van der Waals surface area contributed by atoms with Crippen molar-refractivity contribution in [2.24, 2.45) is 0 Å². The molecule has 0 amide bonds. The highest BCUT2D eigenvalue weighted by atomic mass is 79.9. The summed E-state index contributed by atoms with van der Waals surface area (Å²) in [5.41, 5.74) is 4.18. The molecule has 3 aromatic rings. The van der Waals surface area contributed by atoms with Crippen LogP contribution >= 0.6 is 15.9 Å². The highest BCUT2D eigenvalue weighted by molar-refractivity contribution is 9.10. The van der Waals surface area contributed by atoms with Crippen molar-refractivity contribution in [1.29, 1.82) is 0 Å². The van der Waals surface area contributed by atoms with Crippen LogP contribution in [0.15, 0.2) is 83.3 Å². The van der Waals surface area contributed by atoms with Gasteiger partial charge in [-0.3, -0.25) is 10.1 Å². The quantitative estimate of drug-likeness (QED) is 0.319. The minimum atomic E-state index is -0.385. The second-order valence-corrected chi connectivity index (χ2v) is 6.20. The van der Waals surface area contributed by atoms with E-state index in [1.807, 2.05) is 54.6 Å². The van der Waals surface area contributed by atoms with Crippen molar-refractivity contribution in [3.8, 4) is 0 Å². The van der Waals surface area contributed by atoms with Crippen LogP contribution in [0.5, 0.6) is 0 Å². The Morgan fingerprint density at radius 2 is 1.42 bits per heavy atom. The summed E-state index contributed by atoms with van der Waals surface area (Å²) in [6.45, 7) is 0. The topological polar surface area (TPSA) is 43.1 Å². The van der Waals surface area contributed by atoms with Crippen LogP contribution < -0.4 is 0 Å². The first kappa shape index (κ1) is 16.1. The maximum atomic E-state index is 10.9. The number of hydrogen-bond donors (Lipinski definition) is 0. The van der Waals surface area contributed by atoms with Crippen LogP contribution in [0.4, 0.5) is 5.69 Å². The van der Waals surface area contributed by atoms with E-state index in [9.17, 15) is 10.1 Å². The van der Waals surface area contributed by atoms with Crippen molar-refractivity contribution in [2.45, 2.75) is 0 Å². The molecule has 118 valence electrons. The number of rotatable bonds is 4. The predicted octanol–water partition coefficient (Wildman–Crippen LogP) is 5.95. The number of nitro groups is 1. The smallest absolute Gasteiger partial charge is 0.258 e. The minimum absolute atomic E-state index is 0.0924. The lowest BCUT2D eigenvalue weighted by Crippen LogP contribution is -1.91. The first-order valence-corrected chi connectivity index (χ1v) is 8.20. The third kappa shape index (κ3) is 3.78. The molecule has 24 heavy (non-hydrogen) atoms. The maximum Gasteiger partial charge on any atom is 0.269 e. The maximum absolute atomic E-state index is 10.9. The Hall–Kier alpha value is -2.72. The Balaban J connectivity index is 2.08. The van der Waals surface area contributed by atoms with Gasteiger partial charge in [-0.15, -0.1) is 0 Å². The number of nitrogens with zero attached hydrogens (tertiary/aromatic N) is 1. The molecule has 0 N–H and O–H groups in total. The Morgan fingerprint density at radius 3 is 2.00 bits per heavy atom. The molecule has 0 saturated heterocycles. The molecular weight excluding hydrogens is 366 g/mol. The number of nitro benzene ring substituents is 1. The molecule has 0 heterocycles. The van der Waals surface area contributed by atoms with Gasteiger partial charge in [-0.05, 0) is 52.6 Å². The summed E-state index contributed by atoms with van der Waals surface area (Å²) < 4.78 is 1.02. The van der Waals surface area contributed by atoms with E-state index in [1.54, 1.807) is 12.1 Å². The van der Waals surface area contributed by atoms with Gasteiger partial charge in [0.05, 0.1) is 4.92 Å². The monoisotopic (exact) mass is 379 g/mol. The average Bonchev–Trinajstić information content (AvgIpc) is 2.62. The average molecular weight is 380 g/mol. The van der Waals surface area contributed by atoms with Gasteiger partial charge < -0.3 is 0 Å². The molecule has 0 fully saturated rings. The molecule has 0 unspecified atom stereocenters. The third-order valence-corrected chi connectivity index (χ3v) is 4.18. The van der Waals surface area contributed by atoms with Crippen LogP contribution in [0.25, 0.3) is 11.6 Å². The first-order valence-electron chi connectivity index (χ1n) is 7.41. The van der Waals surface area contributed by atoms with E-state index in [1.165, 1.54) is 12.1 Å². The molecule has 0 atom stereocenters. The normalized spacial score (nSPS) is 11.3. The zero-order valence-corrected chi connectivity index (χ0v) is 14.3. The van der Waals surface area contributed by atoms with Crippen molar-refractivity contribution >= 4 is 33.3 Å². The largest absolute Gasteiger partial charge is 0.269 e. The van der Waals surface area contributed by atoms with Crippen LogP contribution in [0.3, 0.4) is 0 Å². The molecule has 0 bridgehead atoms. The van der Waals surface area contributed by atoms with Gasteiger partial charge >= 0.3 is 0 Å². The third-order valence-electron chi connectivity index (χ3n) is 3.65. The molecule has 0 saturated carbocycles. The molecule has 0 aliphatic heterocycles. The van der Waals surface area contributed by atoms with E-state index in [0.717, 1.165) is 26.7 Å².